The Morgan fingerprint density at radius 2 is 1.95 bits per heavy atom. The van der Waals surface area contributed by atoms with Crippen molar-refractivity contribution in [1.82, 2.24) is 14.5 Å². The maximum Gasteiger partial charge on any atom is 0.293 e. The standard InChI is InChI=1S/C28H34ClN5O3/c1-4-21(35)17-37-24-15-19-14-20(6-7-23(19)34(18(2)3)26(24)36)31-25-22(29)16-30-27(32-25)33-12-10-28(11-13-33)8-5-9-28/h6-7,14-16,18H,4-5,8-13,17H2,1-3H3,(H,30,31,32). The molecule has 37 heavy (non-hydrogen) atoms. The second-order valence-corrected chi connectivity index (χ2v) is 11.0. The monoisotopic (exact) mass is 523 g/mol. The number of fused-ring (bicyclic) bond motifs is 1. The Bertz CT molecular complexity index is 1370. The van der Waals surface area contributed by atoms with Crippen LogP contribution >= 0.6 is 11.6 Å². The minimum atomic E-state index is -0.249. The molecular formula is C28H34ClN5O3. The lowest BCUT2D eigenvalue weighted by Gasteiger charge is -2.48. The van der Waals surface area contributed by atoms with Gasteiger partial charge >= 0.3 is 0 Å². The van der Waals surface area contributed by atoms with Gasteiger partial charge in [-0.15, -0.1) is 0 Å². The van der Waals surface area contributed by atoms with Gasteiger partial charge in [0.2, 0.25) is 5.95 Å². The fourth-order valence-corrected chi connectivity index (χ4v) is 5.51. The molecule has 2 aromatic heterocycles. The number of piperidine rings is 1. The van der Waals surface area contributed by atoms with Gasteiger partial charge in [0.15, 0.2) is 17.4 Å². The topological polar surface area (TPSA) is 89.3 Å². The SMILES string of the molecule is CCC(=O)COc1cc2cc(Nc3nc(N4CCC5(CCC5)CC4)ncc3Cl)ccc2n(C(C)C)c1=O. The molecule has 8 nitrogen and oxygen atoms in total. The maximum atomic E-state index is 13.1. The molecule has 1 saturated heterocycles. The van der Waals surface area contributed by atoms with Gasteiger partial charge in [0.1, 0.15) is 11.6 Å². The van der Waals surface area contributed by atoms with E-state index in [0.29, 0.717) is 28.6 Å². The second kappa shape index (κ2) is 10.3. The van der Waals surface area contributed by atoms with Crippen molar-refractivity contribution in [2.75, 3.05) is 29.9 Å². The highest BCUT2D eigenvalue weighted by molar-refractivity contribution is 6.32. The van der Waals surface area contributed by atoms with E-state index in [1.54, 1.807) is 23.8 Å². The highest BCUT2D eigenvalue weighted by Gasteiger charge is 2.40. The number of rotatable bonds is 8. The zero-order valence-corrected chi connectivity index (χ0v) is 22.5. The van der Waals surface area contributed by atoms with Crippen LogP contribution in [0.1, 0.15) is 65.3 Å². The highest BCUT2D eigenvalue weighted by Crippen LogP contribution is 2.49. The number of pyridine rings is 1. The smallest absolute Gasteiger partial charge is 0.293 e. The molecule has 0 amide bonds. The van der Waals surface area contributed by atoms with Gasteiger partial charge in [0.25, 0.3) is 5.56 Å². The summed E-state index contributed by atoms with van der Waals surface area (Å²) in [6.07, 6.45) is 8.45. The summed E-state index contributed by atoms with van der Waals surface area (Å²) in [6, 6.07) is 7.35. The van der Waals surface area contributed by atoms with Gasteiger partial charge in [-0.05, 0) is 69.2 Å². The number of ketones is 1. The van der Waals surface area contributed by atoms with Crippen LogP contribution in [-0.4, -0.2) is 40.0 Å². The highest BCUT2D eigenvalue weighted by atomic mass is 35.5. The minimum absolute atomic E-state index is 0.0585. The molecule has 1 aromatic carbocycles. The number of ether oxygens (including phenoxy) is 1. The Balaban J connectivity index is 1.42. The molecular weight excluding hydrogens is 490 g/mol. The van der Waals surface area contributed by atoms with Crippen LogP contribution in [0.3, 0.4) is 0 Å². The summed E-state index contributed by atoms with van der Waals surface area (Å²) in [5.74, 6) is 1.33. The summed E-state index contributed by atoms with van der Waals surface area (Å²) in [6.45, 7) is 7.48. The Morgan fingerprint density at radius 3 is 2.59 bits per heavy atom. The van der Waals surface area contributed by atoms with E-state index in [-0.39, 0.29) is 29.7 Å². The van der Waals surface area contributed by atoms with Crippen molar-refractivity contribution >= 4 is 45.7 Å². The first kappa shape index (κ1) is 25.5. The summed E-state index contributed by atoms with van der Waals surface area (Å²) in [5.41, 5.74) is 1.86. The van der Waals surface area contributed by atoms with Gasteiger partial charge < -0.3 is 19.5 Å². The molecule has 0 bridgehead atoms. The first-order chi connectivity index (χ1) is 17.8. The maximum absolute atomic E-state index is 13.1. The molecule has 2 fully saturated rings. The normalized spacial score (nSPS) is 16.7. The Kier molecular flexibility index (Phi) is 7.12. The number of carbonyl (C=O) groups excluding carboxylic acids is 1. The van der Waals surface area contributed by atoms with Gasteiger partial charge in [-0.2, -0.15) is 4.98 Å². The van der Waals surface area contributed by atoms with Gasteiger partial charge in [-0.25, -0.2) is 4.98 Å². The summed E-state index contributed by atoms with van der Waals surface area (Å²) in [4.78, 5) is 36.4. The molecule has 3 heterocycles. The number of hydrogen-bond acceptors (Lipinski definition) is 7. The lowest BCUT2D eigenvalue weighted by atomic mass is 9.63. The van der Waals surface area contributed by atoms with Crippen LogP contribution in [-0.2, 0) is 4.79 Å². The van der Waals surface area contributed by atoms with E-state index in [2.05, 4.69) is 15.2 Å². The van der Waals surface area contributed by atoms with Crippen LogP contribution in [0.15, 0.2) is 35.3 Å². The minimum Gasteiger partial charge on any atom is -0.480 e. The number of halogens is 1. The van der Waals surface area contributed by atoms with Crippen LogP contribution in [0.25, 0.3) is 10.9 Å². The molecule has 3 aromatic rings. The summed E-state index contributed by atoms with van der Waals surface area (Å²) >= 11 is 6.47. The first-order valence-corrected chi connectivity index (χ1v) is 13.5. The van der Waals surface area contributed by atoms with E-state index in [1.165, 1.54) is 32.1 Å². The van der Waals surface area contributed by atoms with Crippen LogP contribution in [0.5, 0.6) is 5.75 Å². The Hall–Kier alpha value is -3.13. The van der Waals surface area contributed by atoms with Gasteiger partial charge in [-0.1, -0.05) is 24.9 Å². The van der Waals surface area contributed by atoms with Gasteiger partial charge in [-0.3, -0.25) is 9.59 Å². The summed E-state index contributed by atoms with van der Waals surface area (Å²) in [5, 5.41) is 4.58. The lowest BCUT2D eigenvalue weighted by molar-refractivity contribution is -0.120. The van der Waals surface area contributed by atoms with E-state index in [1.807, 2.05) is 32.0 Å². The first-order valence-electron chi connectivity index (χ1n) is 13.2. The summed E-state index contributed by atoms with van der Waals surface area (Å²) in [7, 11) is 0. The van der Waals surface area contributed by atoms with Crippen LogP contribution in [0.2, 0.25) is 5.02 Å². The van der Waals surface area contributed by atoms with Crippen molar-refractivity contribution in [3.63, 3.8) is 0 Å². The zero-order chi connectivity index (χ0) is 26.2. The fraction of sp³-hybridized carbons (Fsp3) is 0.500. The largest absolute Gasteiger partial charge is 0.480 e. The number of benzene rings is 1. The lowest BCUT2D eigenvalue weighted by Crippen LogP contribution is -2.44. The predicted molar refractivity (Wildman–Crippen MR) is 147 cm³/mol. The van der Waals surface area contributed by atoms with Crippen molar-refractivity contribution < 1.29 is 9.53 Å². The van der Waals surface area contributed by atoms with Gasteiger partial charge in [0.05, 0.1) is 11.7 Å². The number of carbonyl (C=O) groups is 1. The Labute approximate surface area is 222 Å². The second-order valence-electron chi connectivity index (χ2n) is 10.6. The van der Waals surface area contributed by atoms with Gasteiger partial charge in [0, 0.05) is 36.6 Å². The number of aromatic nitrogens is 3. The molecule has 9 heteroatoms. The van der Waals surface area contributed by atoms with E-state index in [0.717, 1.165) is 29.7 Å². The quantitative estimate of drug-likeness (QED) is 0.393. The third-order valence-corrected chi connectivity index (χ3v) is 8.09. The molecule has 5 rings (SSSR count). The van der Waals surface area contributed by atoms with Crippen molar-refractivity contribution in [3.8, 4) is 5.75 Å². The van der Waals surface area contributed by atoms with Crippen LogP contribution in [0, 0.1) is 5.41 Å². The van der Waals surface area contributed by atoms with Crippen LogP contribution in [0.4, 0.5) is 17.5 Å². The predicted octanol–water partition coefficient (Wildman–Crippen LogP) is 5.90. The third-order valence-electron chi connectivity index (χ3n) is 7.82. The van der Waals surface area contributed by atoms with E-state index >= 15 is 0 Å². The average Bonchev–Trinajstić information content (AvgIpc) is 2.87. The number of anilines is 3. The molecule has 196 valence electrons. The van der Waals surface area contributed by atoms with Crippen molar-refractivity contribution in [1.29, 1.82) is 0 Å². The fourth-order valence-electron chi connectivity index (χ4n) is 5.37. The van der Waals surface area contributed by atoms with Crippen molar-refractivity contribution in [3.05, 3.63) is 45.8 Å². The van der Waals surface area contributed by atoms with E-state index in [4.69, 9.17) is 21.3 Å². The van der Waals surface area contributed by atoms with Crippen molar-refractivity contribution in [2.45, 2.75) is 65.3 Å². The molecule has 2 aliphatic rings. The molecule has 1 N–H and O–H groups in total. The zero-order valence-electron chi connectivity index (χ0n) is 21.7. The molecule has 0 radical (unpaired) electrons. The number of nitrogens with zero attached hydrogens (tertiary/aromatic N) is 4. The molecule has 1 saturated carbocycles. The number of Topliss-reactive ketones (excluding diaryl/α,β-unsaturated/α-hetero) is 1. The summed E-state index contributed by atoms with van der Waals surface area (Å²) < 4.78 is 7.31. The molecule has 0 unspecified atom stereocenters. The Morgan fingerprint density at radius 1 is 1.19 bits per heavy atom. The van der Waals surface area contributed by atoms with E-state index in [9.17, 15) is 9.59 Å². The molecule has 0 atom stereocenters. The molecule has 1 spiro atoms. The number of nitrogens with one attached hydrogen (secondary N) is 1. The number of hydrogen-bond donors (Lipinski definition) is 1. The molecule has 1 aliphatic carbocycles. The molecule has 1 aliphatic heterocycles. The third kappa shape index (κ3) is 5.17. The van der Waals surface area contributed by atoms with Crippen LogP contribution < -0.4 is 20.5 Å². The average molecular weight is 524 g/mol. The van der Waals surface area contributed by atoms with Crippen molar-refractivity contribution in [2.24, 2.45) is 5.41 Å². The van der Waals surface area contributed by atoms with E-state index < -0.39 is 0 Å².